The Kier molecular flexibility index (Phi) is 7.52. The number of carbonyl (C=O) groups excluding carboxylic acids is 2. The number of allylic oxidation sites excluding steroid dienone is 2. The summed E-state index contributed by atoms with van der Waals surface area (Å²) in [5.74, 6) is 0.0152. The standard InChI is InChI=1S/C19H31NO4/c1-13(2)8-7-9-14(3)12-15(16-10-11-17(21)23-16)20-18(22)24-19(4,5)6/h8,10-11,14-16H,7,9,12H2,1-6H3,(H,20,22)/t14?,15?,16-/m1/s1. The van der Waals surface area contributed by atoms with Crippen molar-refractivity contribution in [3.8, 4) is 0 Å². The molecule has 136 valence electrons. The quantitative estimate of drug-likeness (QED) is 0.560. The van der Waals surface area contributed by atoms with Gasteiger partial charge in [0, 0.05) is 6.08 Å². The summed E-state index contributed by atoms with van der Waals surface area (Å²) < 4.78 is 10.6. The Morgan fingerprint density at radius 1 is 1.42 bits per heavy atom. The number of amides is 1. The Morgan fingerprint density at radius 2 is 2.08 bits per heavy atom. The van der Waals surface area contributed by atoms with Gasteiger partial charge in [-0.25, -0.2) is 9.59 Å². The van der Waals surface area contributed by atoms with Crippen LogP contribution in [0.1, 0.15) is 60.8 Å². The van der Waals surface area contributed by atoms with Gasteiger partial charge in [-0.2, -0.15) is 0 Å². The van der Waals surface area contributed by atoms with Gasteiger partial charge in [-0.1, -0.05) is 18.6 Å². The minimum Gasteiger partial charge on any atom is -0.453 e. The summed E-state index contributed by atoms with van der Waals surface area (Å²) in [5.41, 5.74) is 0.740. The molecule has 0 radical (unpaired) electrons. The molecule has 0 saturated heterocycles. The van der Waals surface area contributed by atoms with Crippen molar-refractivity contribution in [2.24, 2.45) is 5.92 Å². The average Bonchev–Trinajstić information content (AvgIpc) is 2.82. The SMILES string of the molecule is CC(C)=CCCC(C)CC(NC(=O)OC(C)(C)C)[C@H]1C=CC(=O)O1. The lowest BCUT2D eigenvalue weighted by Crippen LogP contribution is -2.46. The molecule has 5 heteroatoms. The van der Waals surface area contributed by atoms with Crippen molar-refractivity contribution in [3.63, 3.8) is 0 Å². The maximum Gasteiger partial charge on any atom is 0.408 e. The highest BCUT2D eigenvalue weighted by Gasteiger charge is 2.30. The molecule has 1 N–H and O–H groups in total. The van der Waals surface area contributed by atoms with Crippen LogP contribution in [0, 0.1) is 5.92 Å². The van der Waals surface area contributed by atoms with Crippen molar-refractivity contribution in [3.05, 3.63) is 23.8 Å². The average molecular weight is 337 g/mol. The number of carbonyl (C=O) groups is 2. The Balaban J connectivity index is 2.64. The summed E-state index contributed by atoms with van der Waals surface area (Å²) in [5, 5.41) is 2.86. The summed E-state index contributed by atoms with van der Waals surface area (Å²) in [4.78, 5) is 23.4. The number of ether oxygens (including phenoxy) is 2. The number of alkyl carbamates (subject to hydrolysis) is 1. The van der Waals surface area contributed by atoms with Crippen molar-refractivity contribution in [1.82, 2.24) is 5.32 Å². The molecule has 1 aliphatic rings. The van der Waals surface area contributed by atoms with Gasteiger partial charge >= 0.3 is 12.1 Å². The minimum atomic E-state index is -0.564. The van der Waals surface area contributed by atoms with Crippen LogP contribution < -0.4 is 5.32 Å². The van der Waals surface area contributed by atoms with Crippen molar-refractivity contribution >= 4 is 12.1 Å². The molecule has 1 amide bonds. The number of cyclic esters (lactones) is 1. The van der Waals surface area contributed by atoms with Crippen LogP contribution in [-0.2, 0) is 14.3 Å². The van der Waals surface area contributed by atoms with E-state index < -0.39 is 17.8 Å². The maximum atomic E-state index is 12.1. The largest absolute Gasteiger partial charge is 0.453 e. The molecule has 2 unspecified atom stereocenters. The number of nitrogens with one attached hydrogen (secondary N) is 1. The van der Waals surface area contributed by atoms with Crippen molar-refractivity contribution in [2.75, 3.05) is 0 Å². The summed E-state index contributed by atoms with van der Waals surface area (Å²) in [6.45, 7) is 11.8. The van der Waals surface area contributed by atoms with Crippen LogP contribution in [0.4, 0.5) is 4.79 Å². The lowest BCUT2D eigenvalue weighted by molar-refractivity contribution is -0.139. The van der Waals surface area contributed by atoms with Gasteiger partial charge in [0.25, 0.3) is 0 Å². The topological polar surface area (TPSA) is 64.6 Å². The van der Waals surface area contributed by atoms with E-state index in [1.165, 1.54) is 11.6 Å². The van der Waals surface area contributed by atoms with Crippen LogP contribution >= 0.6 is 0 Å². The van der Waals surface area contributed by atoms with Gasteiger partial charge in [-0.15, -0.1) is 0 Å². The highest BCUT2D eigenvalue weighted by atomic mass is 16.6. The van der Waals surface area contributed by atoms with E-state index in [-0.39, 0.29) is 12.0 Å². The zero-order chi connectivity index (χ0) is 18.3. The monoisotopic (exact) mass is 337 g/mol. The summed E-state index contributed by atoms with van der Waals surface area (Å²) in [6, 6.07) is -0.288. The van der Waals surface area contributed by atoms with E-state index in [2.05, 4.69) is 32.2 Å². The van der Waals surface area contributed by atoms with E-state index in [0.717, 1.165) is 19.3 Å². The van der Waals surface area contributed by atoms with Gasteiger partial charge in [-0.05, 0) is 65.9 Å². The highest BCUT2D eigenvalue weighted by Crippen LogP contribution is 2.21. The van der Waals surface area contributed by atoms with Gasteiger partial charge in [0.05, 0.1) is 6.04 Å². The minimum absolute atomic E-state index is 0.288. The highest BCUT2D eigenvalue weighted by molar-refractivity contribution is 5.84. The number of hydrogen-bond acceptors (Lipinski definition) is 4. The Morgan fingerprint density at radius 3 is 2.58 bits per heavy atom. The third kappa shape index (κ3) is 8.18. The van der Waals surface area contributed by atoms with E-state index in [4.69, 9.17) is 9.47 Å². The zero-order valence-corrected chi connectivity index (χ0v) is 15.7. The Bertz CT molecular complexity index is 498. The maximum absolute atomic E-state index is 12.1. The summed E-state index contributed by atoms with van der Waals surface area (Å²) >= 11 is 0. The Labute approximate surface area is 145 Å². The number of hydrogen-bond donors (Lipinski definition) is 1. The molecule has 0 bridgehead atoms. The second-order valence-corrected chi connectivity index (χ2v) is 7.71. The van der Waals surface area contributed by atoms with Crippen LogP contribution in [0.3, 0.4) is 0 Å². The molecular weight excluding hydrogens is 306 g/mol. The fourth-order valence-corrected chi connectivity index (χ4v) is 2.54. The van der Waals surface area contributed by atoms with Gasteiger partial charge in [0.1, 0.15) is 11.7 Å². The first-order valence-corrected chi connectivity index (χ1v) is 8.58. The Hall–Kier alpha value is -1.78. The van der Waals surface area contributed by atoms with Crippen molar-refractivity contribution < 1.29 is 19.1 Å². The van der Waals surface area contributed by atoms with E-state index in [1.54, 1.807) is 6.08 Å². The first kappa shape index (κ1) is 20.3. The summed E-state index contributed by atoms with van der Waals surface area (Å²) in [6.07, 6.45) is 7.14. The van der Waals surface area contributed by atoms with Crippen molar-refractivity contribution in [1.29, 1.82) is 0 Å². The molecule has 5 nitrogen and oxygen atoms in total. The summed E-state index contributed by atoms with van der Waals surface area (Å²) in [7, 11) is 0. The number of esters is 1. The zero-order valence-electron chi connectivity index (χ0n) is 15.7. The van der Waals surface area contributed by atoms with Crippen LogP contribution in [0.15, 0.2) is 23.8 Å². The van der Waals surface area contributed by atoms with E-state index in [1.807, 2.05) is 20.8 Å². The van der Waals surface area contributed by atoms with Gasteiger partial charge in [0.15, 0.2) is 0 Å². The van der Waals surface area contributed by atoms with E-state index in [0.29, 0.717) is 5.92 Å². The molecule has 0 aromatic heterocycles. The molecule has 0 aromatic carbocycles. The molecule has 3 atom stereocenters. The van der Waals surface area contributed by atoms with E-state index >= 15 is 0 Å². The molecular formula is C19H31NO4. The fourth-order valence-electron chi connectivity index (χ4n) is 2.54. The third-order valence-electron chi connectivity index (χ3n) is 3.64. The fraction of sp³-hybridized carbons (Fsp3) is 0.684. The molecule has 0 spiro atoms. The number of rotatable bonds is 7. The third-order valence-corrected chi connectivity index (χ3v) is 3.64. The second-order valence-electron chi connectivity index (χ2n) is 7.71. The smallest absolute Gasteiger partial charge is 0.408 e. The lowest BCUT2D eigenvalue weighted by atomic mass is 9.93. The molecule has 0 aromatic rings. The predicted molar refractivity (Wildman–Crippen MR) is 94.6 cm³/mol. The molecule has 1 heterocycles. The van der Waals surface area contributed by atoms with Crippen LogP contribution in [-0.4, -0.2) is 29.8 Å². The van der Waals surface area contributed by atoms with Gasteiger partial charge in [-0.3, -0.25) is 0 Å². The van der Waals surface area contributed by atoms with Crippen LogP contribution in [0.25, 0.3) is 0 Å². The molecule has 0 saturated carbocycles. The van der Waals surface area contributed by atoms with Crippen LogP contribution in [0.5, 0.6) is 0 Å². The first-order chi connectivity index (χ1) is 11.1. The molecule has 1 rings (SSSR count). The van der Waals surface area contributed by atoms with Crippen molar-refractivity contribution in [2.45, 2.75) is 78.6 Å². The lowest BCUT2D eigenvalue weighted by Gasteiger charge is -2.27. The van der Waals surface area contributed by atoms with Gasteiger partial charge in [0.2, 0.25) is 0 Å². The normalized spacial score (nSPS) is 19.4. The van der Waals surface area contributed by atoms with E-state index in [9.17, 15) is 9.59 Å². The van der Waals surface area contributed by atoms with Gasteiger partial charge < -0.3 is 14.8 Å². The predicted octanol–water partition coefficient (Wildman–Crippen LogP) is 4.13. The first-order valence-electron chi connectivity index (χ1n) is 8.58. The second kappa shape index (κ2) is 8.90. The molecule has 0 aliphatic carbocycles. The van der Waals surface area contributed by atoms with Crippen LogP contribution in [0.2, 0.25) is 0 Å². The molecule has 24 heavy (non-hydrogen) atoms. The molecule has 1 aliphatic heterocycles. The molecule has 0 fully saturated rings.